The molecule has 0 fully saturated rings. The minimum atomic E-state index is -0.259. The summed E-state index contributed by atoms with van der Waals surface area (Å²) < 4.78 is 5.76. The molecule has 3 aromatic rings. The highest BCUT2D eigenvalue weighted by molar-refractivity contribution is 7.15. The molecule has 1 heterocycles. The fraction of sp³-hybridized carbons (Fsp3) is 0.286. The third-order valence-corrected chi connectivity index (χ3v) is 5.22. The maximum absolute atomic E-state index is 12.2. The highest BCUT2D eigenvalue weighted by Crippen LogP contribution is 2.27. The first-order chi connectivity index (χ1) is 13.4. The molecule has 1 amide bonds. The van der Waals surface area contributed by atoms with Crippen LogP contribution in [0.15, 0.2) is 42.5 Å². The van der Waals surface area contributed by atoms with Gasteiger partial charge >= 0.3 is 0 Å². The van der Waals surface area contributed by atoms with Crippen LogP contribution in [-0.2, 0) is 11.2 Å². The Kier molecular flexibility index (Phi) is 6.65. The van der Waals surface area contributed by atoms with E-state index in [0.29, 0.717) is 22.5 Å². The Labute approximate surface area is 173 Å². The minimum Gasteiger partial charge on any atom is -0.483 e. The third kappa shape index (κ3) is 5.53. The van der Waals surface area contributed by atoms with E-state index < -0.39 is 0 Å². The van der Waals surface area contributed by atoms with Crippen molar-refractivity contribution >= 4 is 34.0 Å². The fourth-order valence-electron chi connectivity index (χ4n) is 2.69. The van der Waals surface area contributed by atoms with Crippen molar-refractivity contribution in [2.45, 2.75) is 33.1 Å². The predicted molar refractivity (Wildman–Crippen MR) is 114 cm³/mol. The summed E-state index contributed by atoms with van der Waals surface area (Å²) in [5.74, 6) is 0.800. The first-order valence-corrected chi connectivity index (χ1v) is 10.2. The van der Waals surface area contributed by atoms with Crippen LogP contribution in [0.1, 0.15) is 41.5 Å². The lowest BCUT2D eigenvalue weighted by molar-refractivity contribution is -0.118. The first kappa shape index (κ1) is 20.3. The molecule has 0 saturated heterocycles. The van der Waals surface area contributed by atoms with Crippen molar-refractivity contribution in [2.24, 2.45) is 0 Å². The van der Waals surface area contributed by atoms with E-state index in [0.717, 1.165) is 27.4 Å². The molecule has 5 nitrogen and oxygen atoms in total. The summed E-state index contributed by atoms with van der Waals surface area (Å²) in [4.78, 5) is 12.2. The standard InChI is InChI=1S/C21H22ClN3O2S/c1-13(2)17-9-4-14(3)10-18(17)27-12-19(26)23-21-25-24-20(28-21)11-15-5-7-16(22)8-6-15/h4-10,13H,11-12H2,1-3H3,(H,23,25,26). The number of halogens is 1. The van der Waals surface area contributed by atoms with E-state index in [1.165, 1.54) is 11.3 Å². The number of nitrogens with zero attached hydrogens (tertiary/aromatic N) is 2. The molecular formula is C21H22ClN3O2S. The van der Waals surface area contributed by atoms with Gasteiger partial charge in [0.1, 0.15) is 10.8 Å². The molecular weight excluding hydrogens is 394 g/mol. The topological polar surface area (TPSA) is 64.1 Å². The number of benzene rings is 2. The van der Waals surface area contributed by atoms with Gasteiger partial charge in [-0.3, -0.25) is 10.1 Å². The minimum absolute atomic E-state index is 0.0741. The molecule has 1 N–H and O–H groups in total. The van der Waals surface area contributed by atoms with Crippen molar-refractivity contribution in [2.75, 3.05) is 11.9 Å². The van der Waals surface area contributed by atoms with Crippen LogP contribution in [0.3, 0.4) is 0 Å². The van der Waals surface area contributed by atoms with E-state index in [-0.39, 0.29) is 12.5 Å². The number of carbonyl (C=O) groups excluding carboxylic acids is 1. The van der Waals surface area contributed by atoms with Gasteiger partial charge in [0.15, 0.2) is 6.61 Å². The molecule has 1 aromatic heterocycles. The zero-order valence-electron chi connectivity index (χ0n) is 16.0. The summed E-state index contributed by atoms with van der Waals surface area (Å²) >= 11 is 7.25. The molecule has 7 heteroatoms. The average Bonchev–Trinajstić information content (AvgIpc) is 3.08. The Bertz CT molecular complexity index is 955. The maximum atomic E-state index is 12.2. The molecule has 28 heavy (non-hydrogen) atoms. The van der Waals surface area contributed by atoms with Crippen LogP contribution in [0.5, 0.6) is 5.75 Å². The van der Waals surface area contributed by atoms with E-state index in [1.807, 2.05) is 49.4 Å². The second kappa shape index (κ2) is 9.17. The van der Waals surface area contributed by atoms with Crippen molar-refractivity contribution in [3.8, 4) is 5.75 Å². The molecule has 0 aliphatic rings. The Morgan fingerprint density at radius 2 is 1.93 bits per heavy atom. The number of rotatable bonds is 7. The Morgan fingerprint density at radius 3 is 2.64 bits per heavy atom. The van der Waals surface area contributed by atoms with Crippen LogP contribution >= 0.6 is 22.9 Å². The van der Waals surface area contributed by atoms with Gasteiger partial charge in [-0.15, -0.1) is 10.2 Å². The highest BCUT2D eigenvalue weighted by Gasteiger charge is 2.12. The Hall–Kier alpha value is -2.44. The SMILES string of the molecule is Cc1ccc(C(C)C)c(OCC(=O)Nc2nnc(Cc3ccc(Cl)cc3)s2)c1. The summed E-state index contributed by atoms with van der Waals surface area (Å²) in [5, 5.41) is 12.9. The summed E-state index contributed by atoms with van der Waals surface area (Å²) in [5.41, 5.74) is 3.26. The van der Waals surface area contributed by atoms with Crippen LogP contribution in [0.4, 0.5) is 5.13 Å². The number of ether oxygens (including phenoxy) is 1. The summed E-state index contributed by atoms with van der Waals surface area (Å²) in [6, 6.07) is 13.6. The lowest BCUT2D eigenvalue weighted by Crippen LogP contribution is -2.20. The van der Waals surface area contributed by atoms with Gasteiger partial charge in [0, 0.05) is 11.4 Å². The van der Waals surface area contributed by atoms with E-state index in [2.05, 4.69) is 29.4 Å². The zero-order chi connectivity index (χ0) is 20.1. The van der Waals surface area contributed by atoms with E-state index in [1.54, 1.807) is 0 Å². The van der Waals surface area contributed by atoms with Crippen molar-refractivity contribution in [3.63, 3.8) is 0 Å². The van der Waals surface area contributed by atoms with Crippen LogP contribution in [0, 0.1) is 6.92 Å². The molecule has 0 atom stereocenters. The third-order valence-electron chi connectivity index (χ3n) is 4.13. The smallest absolute Gasteiger partial charge is 0.264 e. The van der Waals surface area contributed by atoms with Gasteiger partial charge in [0.25, 0.3) is 5.91 Å². The van der Waals surface area contributed by atoms with Gasteiger partial charge in [-0.1, -0.05) is 61.1 Å². The number of hydrogen-bond donors (Lipinski definition) is 1. The van der Waals surface area contributed by atoms with Gasteiger partial charge in [-0.2, -0.15) is 0 Å². The lowest BCUT2D eigenvalue weighted by atomic mass is 10.0. The molecule has 0 radical (unpaired) electrons. The maximum Gasteiger partial charge on any atom is 0.264 e. The molecule has 3 rings (SSSR count). The summed E-state index contributed by atoms with van der Waals surface area (Å²) in [6.45, 7) is 6.12. The number of amides is 1. The number of aryl methyl sites for hydroxylation is 1. The van der Waals surface area contributed by atoms with Crippen molar-refractivity contribution < 1.29 is 9.53 Å². The van der Waals surface area contributed by atoms with Crippen LogP contribution in [-0.4, -0.2) is 22.7 Å². The van der Waals surface area contributed by atoms with E-state index >= 15 is 0 Å². The van der Waals surface area contributed by atoms with Gasteiger partial charge in [-0.05, 0) is 47.7 Å². The molecule has 146 valence electrons. The highest BCUT2D eigenvalue weighted by atomic mass is 35.5. The van der Waals surface area contributed by atoms with Gasteiger partial charge < -0.3 is 4.74 Å². The Morgan fingerprint density at radius 1 is 1.18 bits per heavy atom. The van der Waals surface area contributed by atoms with Crippen LogP contribution < -0.4 is 10.1 Å². The second-order valence-electron chi connectivity index (χ2n) is 6.84. The molecule has 0 bridgehead atoms. The largest absolute Gasteiger partial charge is 0.483 e. The molecule has 2 aromatic carbocycles. The van der Waals surface area contributed by atoms with Crippen molar-refractivity contribution in [1.29, 1.82) is 0 Å². The lowest BCUT2D eigenvalue weighted by Gasteiger charge is -2.14. The normalized spacial score (nSPS) is 10.9. The molecule has 0 spiro atoms. The summed E-state index contributed by atoms with van der Waals surface area (Å²) in [6.07, 6.45) is 0.641. The number of nitrogens with one attached hydrogen (secondary N) is 1. The van der Waals surface area contributed by atoms with Crippen LogP contribution in [0.25, 0.3) is 0 Å². The quantitative estimate of drug-likeness (QED) is 0.573. The number of aromatic nitrogens is 2. The van der Waals surface area contributed by atoms with Crippen LogP contribution in [0.2, 0.25) is 5.02 Å². The van der Waals surface area contributed by atoms with E-state index in [4.69, 9.17) is 16.3 Å². The predicted octanol–water partition coefficient (Wildman–Crippen LogP) is 5.23. The second-order valence-corrected chi connectivity index (χ2v) is 8.34. The Balaban J connectivity index is 1.56. The van der Waals surface area contributed by atoms with Gasteiger partial charge in [0.2, 0.25) is 5.13 Å². The van der Waals surface area contributed by atoms with Crippen molar-refractivity contribution in [1.82, 2.24) is 10.2 Å². The van der Waals surface area contributed by atoms with Gasteiger partial charge in [-0.25, -0.2) is 0 Å². The first-order valence-electron chi connectivity index (χ1n) is 9.00. The molecule has 0 aliphatic heterocycles. The molecule has 0 aliphatic carbocycles. The summed E-state index contributed by atoms with van der Waals surface area (Å²) in [7, 11) is 0. The fourth-order valence-corrected chi connectivity index (χ4v) is 3.61. The average molecular weight is 416 g/mol. The number of carbonyl (C=O) groups is 1. The number of anilines is 1. The molecule has 0 saturated carbocycles. The zero-order valence-corrected chi connectivity index (χ0v) is 17.6. The van der Waals surface area contributed by atoms with Gasteiger partial charge in [0.05, 0.1) is 0 Å². The molecule has 0 unspecified atom stereocenters. The number of hydrogen-bond acceptors (Lipinski definition) is 5. The van der Waals surface area contributed by atoms with Crippen molar-refractivity contribution in [3.05, 3.63) is 69.2 Å². The van der Waals surface area contributed by atoms with E-state index in [9.17, 15) is 4.79 Å². The monoisotopic (exact) mass is 415 g/mol.